The van der Waals surface area contributed by atoms with Crippen LogP contribution in [-0.4, -0.2) is 34.9 Å². The smallest absolute Gasteiger partial charge is 0.237 e. The number of anilines is 2. The van der Waals surface area contributed by atoms with E-state index >= 15 is 0 Å². The van der Waals surface area contributed by atoms with E-state index in [1.807, 2.05) is 6.92 Å². The quantitative estimate of drug-likeness (QED) is 0.332. The number of rotatable bonds is 7. The second-order valence-electron chi connectivity index (χ2n) is 3.81. The Balaban J connectivity index is 3.20. The Kier molecular flexibility index (Phi) is 5.01. The lowest BCUT2D eigenvalue weighted by Gasteiger charge is -2.23. The predicted octanol–water partition coefficient (Wildman–Crippen LogP) is -1.90. The van der Waals surface area contributed by atoms with Crippen LogP contribution in [0.25, 0.3) is 0 Å². The largest absolute Gasteiger partial charge is 0.368 e. The first-order chi connectivity index (χ1) is 8.99. The molecule has 0 aliphatic carbocycles. The number of primary amides is 2. The number of nitrogens with one attached hydrogen (secondary N) is 1. The fourth-order valence-corrected chi connectivity index (χ4v) is 1.71. The highest BCUT2D eigenvalue weighted by Gasteiger charge is 2.19. The van der Waals surface area contributed by atoms with Crippen LogP contribution in [0.1, 0.15) is 12.5 Å². The van der Waals surface area contributed by atoms with E-state index in [0.717, 1.165) is 0 Å². The van der Waals surface area contributed by atoms with Gasteiger partial charge in [-0.1, -0.05) is 6.92 Å². The number of amides is 2. The van der Waals surface area contributed by atoms with Crippen molar-refractivity contribution in [2.75, 3.05) is 23.4 Å². The van der Waals surface area contributed by atoms with Gasteiger partial charge >= 0.3 is 0 Å². The monoisotopic (exact) mass is 267 g/mol. The van der Waals surface area contributed by atoms with Crippen molar-refractivity contribution in [2.24, 2.45) is 17.3 Å². The van der Waals surface area contributed by atoms with Gasteiger partial charge in [-0.05, 0) is 6.42 Å². The van der Waals surface area contributed by atoms with E-state index in [4.69, 9.17) is 17.3 Å². The Bertz CT molecular complexity index is 461. The lowest BCUT2D eigenvalue weighted by Crippen LogP contribution is -2.40. The SMILES string of the molecule is CCc1c(NN)ncnc1N(CC(N)=O)CC(N)=O. The minimum atomic E-state index is -0.593. The van der Waals surface area contributed by atoms with Gasteiger partial charge in [-0.3, -0.25) is 9.59 Å². The minimum Gasteiger partial charge on any atom is -0.368 e. The third-order valence-electron chi connectivity index (χ3n) is 2.41. The van der Waals surface area contributed by atoms with Gasteiger partial charge in [0.05, 0.1) is 13.1 Å². The molecule has 1 rings (SSSR count). The van der Waals surface area contributed by atoms with E-state index in [1.54, 1.807) is 0 Å². The van der Waals surface area contributed by atoms with Crippen LogP contribution in [0.5, 0.6) is 0 Å². The summed E-state index contributed by atoms with van der Waals surface area (Å²) in [6.45, 7) is 1.53. The summed E-state index contributed by atoms with van der Waals surface area (Å²) in [6.07, 6.45) is 1.84. The lowest BCUT2D eigenvalue weighted by atomic mass is 10.2. The summed E-state index contributed by atoms with van der Waals surface area (Å²) in [5.74, 6) is 5.00. The molecule has 0 bridgehead atoms. The summed E-state index contributed by atoms with van der Waals surface area (Å²) in [6, 6.07) is 0. The van der Waals surface area contributed by atoms with Gasteiger partial charge in [-0.15, -0.1) is 0 Å². The maximum atomic E-state index is 11.1. The van der Waals surface area contributed by atoms with Crippen molar-refractivity contribution in [3.05, 3.63) is 11.9 Å². The second-order valence-corrected chi connectivity index (χ2v) is 3.81. The fraction of sp³-hybridized carbons (Fsp3) is 0.400. The predicted molar refractivity (Wildman–Crippen MR) is 69.8 cm³/mol. The molecule has 1 aromatic rings. The highest BCUT2D eigenvalue weighted by atomic mass is 16.2. The van der Waals surface area contributed by atoms with Crippen molar-refractivity contribution in [3.63, 3.8) is 0 Å². The third kappa shape index (κ3) is 3.78. The molecule has 0 unspecified atom stereocenters. The zero-order valence-corrected chi connectivity index (χ0v) is 10.6. The molecule has 0 saturated heterocycles. The molecule has 9 nitrogen and oxygen atoms in total. The van der Waals surface area contributed by atoms with Crippen LogP contribution in [0.2, 0.25) is 0 Å². The molecular weight excluding hydrogens is 250 g/mol. The number of aromatic nitrogens is 2. The molecule has 7 N–H and O–H groups in total. The van der Waals surface area contributed by atoms with Crippen LogP contribution >= 0.6 is 0 Å². The number of nitrogens with two attached hydrogens (primary N) is 3. The number of hydrogen-bond acceptors (Lipinski definition) is 7. The molecule has 0 radical (unpaired) electrons. The Morgan fingerprint density at radius 1 is 1.26 bits per heavy atom. The van der Waals surface area contributed by atoms with Crippen LogP contribution in [0.4, 0.5) is 11.6 Å². The van der Waals surface area contributed by atoms with Crippen molar-refractivity contribution in [1.82, 2.24) is 9.97 Å². The van der Waals surface area contributed by atoms with Gasteiger partial charge in [0, 0.05) is 5.56 Å². The zero-order chi connectivity index (χ0) is 14.4. The highest BCUT2D eigenvalue weighted by molar-refractivity contribution is 5.85. The first-order valence-electron chi connectivity index (χ1n) is 5.61. The van der Waals surface area contributed by atoms with Gasteiger partial charge in [-0.2, -0.15) is 0 Å². The molecule has 9 heteroatoms. The van der Waals surface area contributed by atoms with Crippen LogP contribution in [0.15, 0.2) is 6.33 Å². The molecule has 0 aliphatic heterocycles. The van der Waals surface area contributed by atoms with E-state index in [-0.39, 0.29) is 13.1 Å². The molecule has 104 valence electrons. The lowest BCUT2D eigenvalue weighted by molar-refractivity contribution is -0.117. The molecule has 1 aromatic heterocycles. The summed E-state index contributed by atoms with van der Waals surface area (Å²) in [5, 5.41) is 0. The van der Waals surface area contributed by atoms with E-state index < -0.39 is 11.8 Å². The number of carbonyl (C=O) groups is 2. The van der Waals surface area contributed by atoms with Crippen LogP contribution in [-0.2, 0) is 16.0 Å². The number of carbonyl (C=O) groups excluding carboxylic acids is 2. The summed E-state index contributed by atoms with van der Waals surface area (Å²) in [5.41, 5.74) is 13.4. The highest BCUT2D eigenvalue weighted by Crippen LogP contribution is 2.23. The maximum absolute atomic E-state index is 11.1. The van der Waals surface area contributed by atoms with Gasteiger partial charge in [0.1, 0.15) is 18.0 Å². The van der Waals surface area contributed by atoms with Gasteiger partial charge in [0.25, 0.3) is 0 Å². The number of hydrazine groups is 1. The summed E-state index contributed by atoms with van der Waals surface area (Å²) in [4.78, 5) is 31.6. The summed E-state index contributed by atoms with van der Waals surface area (Å²) < 4.78 is 0. The molecular formula is C10H17N7O2. The minimum absolute atomic E-state index is 0.170. The normalized spacial score (nSPS) is 10.0. The van der Waals surface area contributed by atoms with Crippen molar-refractivity contribution in [1.29, 1.82) is 0 Å². The zero-order valence-electron chi connectivity index (χ0n) is 10.6. The van der Waals surface area contributed by atoms with Crippen LogP contribution in [0, 0.1) is 0 Å². The molecule has 0 saturated carbocycles. The number of nitrogen functional groups attached to an aromatic ring is 1. The van der Waals surface area contributed by atoms with Gasteiger partial charge in [0.2, 0.25) is 11.8 Å². The molecule has 0 spiro atoms. The topological polar surface area (TPSA) is 153 Å². The van der Waals surface area contributed by atoms with Gasteiger partial charge in [-0.25, -0.2) is 15.8 Å². The fourth-order valence-electron chi connectivity index (χ4n) is 1.71. The van der Waals surface area contributed by atoms with Crippen LogP contribution in [0.3, 0.4) is 0 Å². The van der Waals surface area contributed by atoms with E-state index in [2.05, 4.69) is 15.4 Å². The molecule has 1 heterocycles. The van der Waals surface area contributed by atoms with Gasteiger partial charge < -0.3 is 21.8 Å². The van der Waals surface area contributed by atoms with Crippen molar-refractivity contribution in [3.8, 4) is 0 Å². The molecule has 0 fully saturated rings. The average molecular weight is 267 g/mol. The van der Waals surface area contributed by atoms with Gasteiger partial charge in [0.15, 0.2) is 0 Å². The summed E-state index contributed by atoms with van der Waals surface area (Å²) in [7, 11) is 0. The van der Waals surface area contributed by atoms with Crippen LogP contribution < -0.4 is 27.6 Å². The first-order valence-corrected chi connectivity index (χ1v) is 5.61. The summed E-state index contributed by atoms with van der Waals surface area (Å²) >= 11 is 0. The molecule has 0 atom stereocenters. The molecule has 2 amide bonds. The average Bonchev–Trinajstić information content (AvgIpc) is 2.35. The Morgan fingerprint density at radius 3 is 2.26 bits per heavy atom. The van der Waals surface area contributed by atoms with E-state index in [1.165, 1.54) is 11.2 Å². The Hall–Kier alpha value is -2.42. The Morgan fingerprint density at radius 2 is 1.84 bits per heavy atom. The van der Waals surface area contributed by atoms with E-state index in [0.29, 0.717) is 23.6 Å². The van der Waals surface area contributed by atoms with E-state index in [9.17, 15) is 9.59 Å². The van der Waals surface area contributed by atoms with Crippen molar-refractivity contribution < 1.29 is 9.59 Å². The Labute approximate surface area is 110 Å². The maximum Gasteiger partial charge on any atom is 0.237 e. The first kappa shape index (κ1) is 14.6. The molecule has 19 heavy (non-hydrogen) atoms. The molecule has 0 aliphatic rings. The molecule has 0 aromatic carbocycles. The second kappa shape index (κ2) is 6.50. The number of hydrogen-bond donors (Lipinski definition) is 4. The third-order valence-corrected chi connectivity index (χ3v) is 2.41. The van der Waals surface area contributed by atoms with Crippen molar-refractivity contribution in [2.45, 2.75) is 13.3 Å². The van der Waals surface area contributed by atoms with Crippen molar-refractivity contribution >= 4 is 23.5 Å². The number of nitrogens with zero attached hydrogens (tertiary/aromatic N) is 3. The standard InChI is InChI=1S/C10H17N7O2/c1-2-6-9(16-13)14-5-15-10(6)17(3-7(11)18)4-8(12)19/h5H,2-4,13H2,1H3,(H2,11,18)(H2,12,19)(H,14,15,16).